The lowest BCUT2D eigenvalue weighted by molar-refractivity contribution is -0.122. The van der Waals surface area contributed by atoms with Gasteiger partial charge in [-0.05, 0) is 12.5 Å². The van der Waals surface area contributed by atoms with Gasteiger partial charge in [0.05, 0.1) is 13.2 Å². The smallest absolute Gasteiger partial charge is 0.237 e. The minimum absolute atomic E-state index is 0.141. The molecule has 3 N–H and O–H groups in total. The van der Waals surface area contributed by atoms with Crippen molar-refractivity contribution in [3.63, 3.8) is 0 Å². The molecule has 0 spiro atoms. The molecule has 5 nitrogen and oxygen atoms in total. The molecule has 1 amide bonds. The second-order valence-electron chi connectivity index (χ2n) is 3.78. The van der Waals surface area contributed by atoms with Crippen LogP contribution in [0.15, 0.2) is 18.3 Å². The lowest BCUT2D eigenvalue weighted by Crippen LogP contribution is -2.40. The Balaban J connectivity index is 2.52. The maximum Gasteiger partial charge on any atom is 0.237 e. The van der Waals surface area contributed by atoms with E-state index in [1.807, 2.05) is 13.0 Å². The second kappa shape index (κ2) is 6.85. The molecular formula is C12H19N3O2. The maximum absolute atomic E-state index is 11.6. The van der Waals surface area contributed by atoms with Crippen molar-refractivity contribution in [2.45, 2.75) is 32.4 Å². The van der Waals surface area contributed by atoms with Crippen molar-refractivity contribution in [3.05, 3.63) is 23.9 Å². The predicted octanol–water partition coefficient (Wildman–Crippen LogP) is 0.834. The summed E-state index contributed by atoms with van der Waals surface area (Å²) >= 11 is 0. The Kier molecular flexibility index (Phi) is 5.42. The number of nitrogens with two attached hydrogens (primary N) is 1. The van der Waals surface area contributed by atoms with Crippen molar-refractivity contribution in [2.24, 2.45) is 5.73 Å². The van der Waals surface area contributed by atoms with E-state index in [0.717, 1.165) is 12.0 Å². The number of hydrogen-bond donors (Lipinski definition) is 2. The first-order valence-corrected chi connectivity index (χ1v) is 5.70. The molecule has 1 rings (SSSR count). The van der Waals surface area contributed by atoms with Crippen molar-refractivity contribution in [1.29, 1.82) is 0 Å². The number of hydrogen-bond acceptors (Lipinski definition) is 4. The molecule has 5 heteroatoms. The van der Waals surface area contributed by atoms with E-state index in [1.165, 1.54) is 0 Å². The Morgan fingerprint density at radius 3 is 3.06 bits per heavy atom. The van der Waals surface area contributed by atoms with Gasteiger partial charge < -0.3 is 15.8 Å². The van der Waals surface area contributed by atoms with E-state index in [0.29, 0.717) is 18.8 Å². The molecule has 0 bridgehead atoms. The summed E-state index contributed by atoms with van der Waals surface area (Å²) in [6.45, 7) is 2.38. The van der Waals surface area contributed by atoms with Crippen LogP contribution in [-0.2, 0) is 11.3 Å². The average molecular weight is 237 g/mol. The van der Waals surface area contributed by atoms with Crippen molar-refractivity contribution in [1.82, 2.24) is 10.3 Å². The predicted molar refractivity (Wildman–Crippen MR) is 65.5 cm³/mol. The molecule has 1 heterocycles. The quantitative estimate of drug-likeness (QED) is 0.768. The molecule has 1 aromatic heterocycles. The zero-order chi connectivity index (χ0) is 12.7. The summed E-state index contributed by atoms with van der Waals surface area (Å²) in [6, 6.07) is 3.22. The number of amides is 1. The van der Waals surface area contributed by atoms with Crippen LogP contribution in [0.1, 0.15) is 25.3 Å². The molecule has 94 valence electrons. The van der Waals surface area contributed by atoms with E-state index in [9.17, 15) is 4.79 Å². The van der Waals surface area contributed by atoms with E-state index in [-0.39, 0.29) is 5.91 Å². The minimum Gasteiger partial charge on any atom is -0.481 e. The molecular weight excluding hydrogens is 218 g/mol. The van der Waals surface area contributed by atoms with Crippen LogP contribution in [0.2, 0.25) is 0 Å². The van der Waals surface area contributed by atoms with Gasteiger partial charge in [0.25, 0.3) is 0 Å². The highest BCUT2D eigenvalue weighted by Crippen LogP contribution is 2.12. The first-order chi connectivity index (χ1) is 8.19. The molecule has 1 unspecified atom stereocenters. The molecule has 17 heavy (non-hydrogen) atoms. The molecule has 0 saturated heterocycles. The third-order valence-electron chi connectivity index (χ3n) is 2.43. The highest BCUT2D eigenvalue weighted by Gasteiger charge is 2.12. The summed E-state index contributed by atoms with van der Waals surface area (Å²) in [7, 11) is 1.55. The van der Waals surface area contributed by atoms with Crippen molar-refractivity contribution in [2.75, 3.05) is 7.11 Å². The third kappa shape index (κ3) is 4.03. The van der Waals surface area contributed by atoms with E-state index >= 15 is 0 Å². The van der Waals surface area contributed by atoms with E-state index < -0.39 is 6.04 Å². The summed E-state index contributed by atoms with van der Waals surface area (Å²) in [5, 5.41) is 2.77. The van der Waals surface area contributed by atoms with Crippen LogP contribution in [0.25, 0.3) is 0 Å². The van der Waals surface area contributed by atoms with Gasteiger partial charge in [-0.2, -0.15) is 0 Å². The first-order valence-electron chi connectivity index (χ1n) is 5.70. The largest absolute Gasteiger partial charge is 0.481 e. The standard InChI is InChI=1S/C12H19N3O2/c1-3-5-10(13)11(16)15-8-9-6-4-7-14-12(9)17-2/h4,6-7,10H,3,5,8,13H2,1-2H3,(H,15,16). The third-order valence-corrected chi connectivity index (χ3v) is 2.43. The number of nitrogens with one attached hydrogen (secondary N) is 1. The lowest BCUT2D eigenvalue weighted by atomic mass is 10.1. The first kappa shape index (κ1) is 13.4. The SMILES string of the molecule is CCCC(N)C(=O)NCc1cccnc1OC. The normalized spacial score (nSPS) is 11.9. The van der Waals surface area contributed by atoms with Gasteiger partial charge in [0.15, 0.2) is 0 Å². The topological polar surface area (TPSA) is 77.2 Å². The lowest BCUT2D eigenvalue weighted by Gasteiger charge is -2.12. The Bertz CT molecular complexity index is 369. The number of carbonyl (C=O) groups is 1. The molecule has 1 atom stereocenters. The Labute approximate surface area is 101 Å². The number of nitrogens with zero attached hydrogens (tertiary/aromatic N) is 1. The van der Waals surface area contributed by atoms with Crippen LogP contribution in [0.5, 0.6) is 5.88 Å². The minimum atomic E-state index is -0.442. The van der Waals surface area contributed by atoms with Gasteiger partial charge in [-0.1, -0.05) is 19.4 Å². The maximum atomic E-state index is 11.6. The van der Waals surface area contributed by atoms with E-state index in [4.69, 9.17) is 10.5 Å². The highest BCUT2D eigenvalue weighted by atomic mass is 16.5. The van der Waals surface area contributed by atoms with Gasteiger partial charge in [0.2, 0.25) is 11.8 Å². The highest BCUT2D eigenvalue weighted by molar-refractivity contribution is 5.81. The van der Waals surface area contributed by atoms with Gasteiger partial charge in [0.1, 0.15) is 0 Å². The number of methoxy groups -OCH3 is 1. The fraction of sp³-hybridized carbons (Fsp3) is 0.500. The molecule has 0 radical (unpaired) electrons. The van der Waals surface area contributed by atoms with Gasteiger partial charge >= 0.3 is 0 Å². The van der Waals surface area contributed by atoms with Crippen LogP contribution < -0.4 is 15.8 Å². The summed E-state index contributed by atoms with van der Waals surface area (Å²) < 4.78 is 5.09. The summed E-state index contributed by atoms with van der Waals surface area (Å²) in [5.41, 5.74) is 6.54. The Morgan fingerprint density at radius 2 is 2.41 bits per heavy atom. The fourth-order valence-electron chi connectivity index (χ4n) is 1.50. The molecule has 0 aliphatic carbocycles. The molecule has 0 fully saturated rings. The number of ether oxygens (including phenoxy) is 1. The van der Waals surface area contributed by atoms with Gasteiger partial charge in [-0.3, -0.25) is 4.79 Å². The van der Waals surface area contributed by atoms with Gasteiger partial charge in [0, 0.05) is 18.3 Å². The zero-order valence-corrected chi connectivity index (χ0v) is 10.3. The average Bonchev–Trinajstić information content (AvgIpc) is 2.36. The van der Waals surface area contributed by atoms with E-state index in [1.54, 1.807) is 19.4 Å². The van der Waals surface area contributed by atoms with Crippen molar-refractivity contribution in [3.8, 4) is 5.88 Å². The number of pyridine rings is 1. The van der Waals surface area contributed by atoms with Crippen LogP contribution in [0.4, 0.5) is 0 Å². The Morgan fingerprint density at radius 1 is 1.65 bits per heavy atom. The molecule has 0 aliphatic rings. The van der Waals surface area contributed by atoms with Crippen molar-refractivity contribution >= 4 is 5.91 Å². The fourth-order valence-corrected chi connectivity index (χ4v) is 1.50. The van der Waals surface area contributed by atoms with Crippen LogP contribution in [0.3, 0.4) is 0 Å². The summed E-state index contributed by atoms with van der Waals surface area (Å²) in [6.07, 6.45) is 3.23. The number of carbonyl (C=O) groups excluding carboxylic acids is 1. The van der Waals surface area contributed by atoms with Crippen molar-refractivity contribution < 1.29 is 9.53 Å². The van der Waals surface area contributed by atoms with Gasteiger partial charge in [-0.25, -0.2) is 4.98 Å². The van der Waals surface area contributed by atoms with Crippen LogP contribution in [0, 0.1) is 0 Å². The second-order valence-corrected chi connectivity index (χ2v) is 3.78. The number of aromatic nitrogens is 1. The van der Waals surface area contributed by atoms with Crippen LogP contribution in [-0.4, -0.2) is 24.0 Å². The zero-order valence-electron chi connectivity index (χ0n) is 10.3. The molecule has 0 saturated carbocycles. The monoisotopic (exact) mass is 237 g/mol. The summed E-state index contributed by atoms with van der Waals surface area (Å²) in [4.78, 5) is 15.7. The Hall–Kier alpha value is -1.62. The van der Waals surface area contributed by atoms with E-state index in [2.05, 4.69) is 10.3 Å². The number of rotatable bonds is 6. The van der Waals surface area contributed by atoms with Gasteiger partial charge in [-0.15, -0.1) is 0 Å². The molecule has 0 aliphatic heterocycles. The van der Waals surface area contributed by atoms with Crippen LogP contribution >= 0.6 is 0 Å². The molecule has 1 aromatic rings. The molecule has 0 aromatic carbocycles. The summed E-state index contributed by atoms with van der Waals surface area (Å²) in [5.74, 6) is 0.384.